The monoisotopic (exact) mass is 455 g/mol. The molecule has 0 radical (unpaired) electrons. The van der Waals surface area contributed by atoms with Crippen molar-refractivity contribution in [3.8, 4) is 5.75 Å². The van der Waals surface area contributed by atoms with Crippen LogP contribution >= 0.6 is 0 Å². The number of ether oxygens (including phenoxy) is 1. The average molecular weight is 456 g/mol. The predicted octanol–water partition coefficient (Wildman–Crippen LogP) is 2.43. The molecule has 0 spiro atoms. The van der Waals surface area contributed by atoms with Crippen molar-refractivity contribution in [2.24, 2.45) is 5.73 Å². The molecule has 1 amide bonds. The van der Waals surface area contributed by atoms with Crippen LogP contribution in [0.1, 0.15) is 48.0 Å². The first-order valence-electron chi connectivity index (χ1n) is 11.1. The Bertz CT molecular complexity index is 906. The summed E-state index contributed by atoms with van der Waals surface area (Å²) >= 11 is 0. The standard InChI is InChI=1S/C25H33N3O5/c1-27-24(31)22(26)18-19-10-6-7-13-21(19)23(30)25(28-32,15-16-29)14-8-3-9-17-33-20-11-4-2-5-12-20/h2,4-7,10-13,16,22,28,32H,3,8-9,14-15,17-18,26H2,1H3,(H,27,31)/t22-,25+/m0/s1. The van der Waals surface area contributed by atoms with Crippen LogP contribution < -0.4 is 21.3 Å². The lowest BCUT2D eigenvalue weighted by Gasteiger charge is -2.30. The zero-order valence-electron chi connectivity index (χ0n) is 19.0. The Balaban J connectivity index is 2.04. The molecule has 178 valence electrons. The fourth-order valence-electron chi connectivity index (χ4n) is 3.71. The summed E-state index contributed by atoms with van der Waals surface area (Å²) in [5.74, 6) is 0.0540. The lowest BCUT2D eigenvalue weighted by molar-refractivity contribution is -0.121. The fraction of sp³-hybridized carbons (Fsp3) is 0.400. The lowest BCUT2D eigenvalue weighted by atomic mass is 9.80. The highest BCUT2D eigenvalue weighted by atomic mass is 16.5. The number of likely N-dealkylation sites (N-methyl/N-ethyl adjacent to an activating group) is 1. The number of nitrogens with two attached hydrogens (primary N) is 1. The first-order valence-corrected chi connectivity index (χ1v) is 11.1. The van der Waals surface area contributed by atoms with Crippen molar-refractivity contribution < 1.29 is 24.3 Å². The largest absolute Gasteiger partial charge is 0.494 e. The third kappa shape index (κ3) is 7.49. The minimum absolute atomic E-state index is 0.154. The third-order valence-electron chi connectivity index (χ3n) is 5.63. The zero-order valence-corrected chi connectivity index (χ0v) is 19.0. The highest BCUT2D eigenvalue weighted by Crippen LogP contribution is 2.26. The van der Waals surface area contributed by atoms with E-state index in [9.17, 15) is 19.6 Å². The zero-order chi connectivity index (χ0) is 24.1. The predicted molar refractivity (Wildman–Crippen MR) is 125 cm³/mol. The topological polar surface area (TPSA) is 131 Å². The molecule has 2 atom stereocenters. The maximum absolute atomic E-state index is 13.5. The number of unbranched alkanes of at least 4 members (excludes halogenated alkanes) is 2. The highest BCUT2D eigenvalue weighted by Gasteiger charge is 2.38. The highest BCUT2D eigenvalue weighted by molar-refractivity contribution is 6.05. The minimum Gasteiger partial charge on any atom is -0.494 e. The summed E-state index contributed by atoms with van der Waals surface area (Å²) in [5.41, 5.74) is 7.53. The molecule has 0 unspecified atom stereocenters. The maximum atomic E-state index is 13.5. The molecule has 0 aromatic heterocycles. The number of ketones is 1. The van der Waals surface area contributed by atoms with Crippen LogP contribution in [-0.4, -0.2) is 48.4 Å². The second-order valence-electron chi connectivity index (χ2n) is 7.95. The molecular weight excluding hydrogens is 422 g/mol. The van der Waals surface area contributed by atoms with E-state index in [0.717, 1.165) is 18.6 Å². The van der Waals surface area contributed by atoms with Crippen molar-refractivity contribution in [3.63, 3.8) is 0 Å². The second kappa shape index (κ2) is 13.5. The van der Waals surface area contributed by atoms with Crippen molar-refractivity contribution in [3.05, 3.63) is 65.7 Å². The summed E-state index contributed by atoms with van der Waals surface area (Å²) in [6, 6.07) is 15.5. The molecule has 8 heteroatoms. The average Bonchev–Trinajstić information content (AvgIpc) is 2.85. The molecule has 8 nitrogen and oxygen atoms in total. The van der Waals surface area contributed by atoms with Gasteiger partial charge in [-0.25, -0.2) is 0 Å². The van der Waals surface area contributed by atoms with Gasteiger partial charge in [0.05, 0.1) is 12.6 Å². The summed E-state index contributed by atoms with van der Waals surface area (Å²) in [5, 5.41) is 12.4. The molecule has 5 N–H and O–H groups in total. The normalized spacial score (nSPS) is 13.5. The summed E-state index contributed by atoms with van der Waals surface area (Å²) in [6.07, 6.45) is 2.99. The van der Waals surface area contributed by atoms with Gasteiger partial charge >= 0.3 is 0 Å². The number of amides is 1. The smallest absolute Gasteiger partial charge is 0.237 e. The molecule has 2 rings (SSSR count). The van der Waals surface area contributed by atoms with Crippen LogP contribution in [0.25, 0.3) is 0 Å². The second-order valence-corrected chi connectivity index (χ2v) is 7.95. The first-order chi connectivity index (χ1) is 16.0. The number of carbonyl (C=O) groups excluding carboxylic acids is 3. The van der Waals surface area contributed by atoms with Gasteiger partial charge in [0.1, 0.15) is 17.6 Å². The van der Waals surface area contributed by atoms with E-state index >= 15 is 0 Å². The van der Waals surface area contributed by atoms with Gasteiger partial charge in [0.15, 0.2) is 5.78 Å². The Labute approximate surface area is 194 Å². The quantitative estimate of drug-likeness (QED) is 0.140. The van der Waals surface area contributed by atoms with Gasteiger partial charge in [0.2, 0.25) is 5.91 Å². The Hall–Kier alpha value is -3.07. The summed E-state index contributed by atoms with van der Waals surface area (Å²) in [7, 11) is 1.49. The van der Waals surface area contributed by atoms with Crippen molar-refractivity contribution in [1.82, 2.24) is 10.8 Å². The van der Waals surface area contributed by atoms with E-state index in [2.05, 4.69) is 10.8 Å². The molecular formula is C25H33N3O5. The number of aldehydes is 1. The number of benzene rings is 2. The van der Waals surface area contributed by atoms with Crippen molar-refractivity contribution in [2.75, 3.05) is 13.7 Å². The van der Waals surface area contributed by atoms with E-state index in [0.29, 0.717) is 30.4 Å². The SMILES string of the molecule is CNC(=O)[C@@H](N)Cc1ccccc1C(=O)[C@](CC=O)(CCCCCOc1ccccc1)NO. The van der Waals surface area contributed by atoms with E-state index in [1.807, 2.05) is 30.3 Å². The summed E-state index contributed by atoms with van der Waals surface area (Å²) in [6.45, 7) is 0.533. The van der Waals surface area contributed by atoms with Gasteiger partial charge in [-0.15, -0.1) is 0 Å². The summed E-state index contributed by atoms with van der Waals surface area (Å²) in [4.78, 5) is 36.7. The van der Waals surface area contributed by atoms with Crippen LogP contribution in [0.5, 0.6) is 5.75 Å². The van der Waals surface area contributed by atoms with Crippen LogP contribution in [-0.2, 0) is 16.0 Å². The van der Waals surface area contributed by atoms with E-state index in [-0.39, 0.29) is 25.2 Å². The van der Waals surface area contributed by atoms with Gasteiger partial charge in [0.25, 0.3) is 0 Å². The molecule has 0 saturated heterocycles. The van der Waals surface area contributed by atoms with Gasteiger partial charge in [-0.3, -0.25) is 9.59 Å². The number of Topliss-reactive ketones (excluding diaryl/α,β-unsaturated/α-hetero) is 1. The van der Waals surface area contributed by atoms with Crippen molar-refractivity contribution in [2.45, 2.75) is 50.1 Å². The Morgan fingerprint density at radius 2 is 1.79 bits per heavy atom. The molecule has 33 heavy (non-hydrogen) atoms. The van der Waals surface area contributed by atoms with E-state index in [4.69, 9.17) is 10.5 Å². The van der Waals surface area contributed by atoms with Crippen LogP contribution in [0.2, 0.25) is 0 Å². The number of hydrogen-bond acceptors (Lipinski definition) is 7. The third-order valence-corrected chi connectivity index (χ3v) is 5.63. The number of hydroxylamine groups is 1. The van der Waals surface area contributed by atoms with Crippen molar-refractivity contribution >= 4 is 18.0 Å². The Morgan fingerprint density at radius 3 is 2.45 bits per heavy atom. The number of para-hydroxylation sites is 1. The molecule has 0 saturated carbocycles. The maximum Gasteiger partial charge on any atom is 0.237 e. The van der Waals surface area contributed by atoms with E-state index < -0.39 is 17.4 Å². The van der Waals surface area contributed by atoms with Crippen LogP contribution in [0.15, 0.2) is 54.6 Å². The minimum atomic E-state index is -1.45. The molecule has 0 aliphatic heterocycles. The number of rotatable bonds is 15. The molecule has 2 aromatic carbocycles. The van der Waals surface area contributed by atoms with E-state index in [1.165, 1.54) is 7.05 Å². The van der Waals surface area contributed by atoms with Gasteiger partial charge in [0, 0.05) is 19.0 Å². The fourth-order valence-corrected chi connectivity index (χ4v) is 3.71. The molecule has 2 aromatic rings. The van der Waals surface area contributed by atoms with Crippen LogP contribution in [0, 0.1) is 0 Å². The van der Waals surface area contributed by atoms with Gasteiger partial charge in [-0.05, 0) is 43.4 Å². The molecule has 0 aliphatic carbocycles. The van der Waals surface area contributed by atoms with Crippen molar-refractivity contribution in [1.29, 1.82) is 0 Å². The van der Waals surface area contributed by atoms with Gasteiger partial charge in [-0.1, -0.05) is 48.9 Å². The first kappa shape index (κ1) is 26.2. The molecule has 0 fully saturated rings. The Morgan fingerprint density at radius 1 is 1.09 bits per heavy atom. The van der Waals surface area contributed by atoms with Gasteiger partial charge < -0.3 is 25.8 Å². The number of carbonyl (C=O) groups is 3. The number of hydrogen-bond donors (Lipinski definition) is 4. The molecule has 0 aliphatic rings. The number of nitrogens with one attached hydrogen (secondary N) is 2. The van der Waals surface area contributed by atoms with Gasteiger partial charge in [-0.2, -0.15) is 5.48 Å². The van der Waals surface area contributed by atoms with Crippen LogP contribution in [0.4, 0.5) is 0 Å². The molecule has 0 heterocycles. The molecule has 0 bridgehead atoms. The lowest BCUT2D eigenvalue weighted by Crippen LogP contribution is -2.51. The van der Waals surface area contributed by atoms with Crippen LogP contribution in [0.3, 0.4) is 0 Å². The Kier molecular flexibility index (Phi) is 10.7. The summed E-state index contributed by atoms with van der Waals surface area (Å²) < 4.78 is 5.68. The van der Waals surface area contributed by atoms with E-state index in [1.54, 1.807) is 24.3 Å².